The lowest BCUT2D eigenvalue weighted by Crippen LogP contribution is -2.22. The van der Waals surface area contributed by atoms with Crippen LogP contribution in [-0.4, -0.2) is 11.8 Å². The molecule has 1 aromatic carbocycles. The molecule has 64 valence electrons. The Bertz CT molecular complexity index is 254. The quantitative estimate of drug-likeness (QED) is 0.415. The Balaban J connectivity index is 2.39. The summed E-state index contributed by atoms with van der Waals surface area (Å²) in [6, 6.07) is 9.99. The van der Waals surface area contributed by atoms with Crippen molar-refractivity contribution in [3.05, 3.63) is 30.3 Å². The van der Waals surface area contributed by atoms with Crippen LogP contribution in [0.2, 0.25) is 0 Å². The summed E-state index contributed by atoms with van der Waals surface area (Å²) in [5, 5.41) is 0. The molecule has 0 bridgehead atoms. The van der Waals surface area contributed by atoms with Crippen LogP contribution < -0.4 is 11.5 Å². The van der Waals surface area contributed by atoms with Crippen molar-refractivity contribution < 1.29 is 0 Å². The van der Waals surface area contributed by atoms with Crippen LogP contribution in [-0.2, 0) is 0 Å². The van der Waals surface area contributed by atoms with Gasteiger partial charge < -0.3 is 11.5 Å². The van der Waals surface area contributed by atoms with E-state index in [-0.39, 0.29) is 5.96 Å². The molecule has 1 aromatic rings. The van der Waals surface area contributed by atoms with Gasteiger partial charge in [0.2, 0.25) is 0 Å². The number of guanidine groups is 1. The molecule has 0 aromatic heterocycles. The standard InChI is InChI=1S/C8H11N3S/c9-8(10)11-6-12-7-4-2-1-3-5-7/h1-5H,6H2,(H4,9,10,11). The van der Waals surface area contributed by atoms with Crippen molar-refractivity contribution in [2.45, 2.75) is 4.90 Å². The van der Waals surface area contributed by atoms with Gasteiger partial charge in [0.05, 0.1) is 5.88 Å². The van der Waals surface area contributed by atoms with E-state index in [0.29, 0.717) is 5.88 Å². The third kappa shape index (κ3) is 3.30. The van der Waals surface area contributed by atoms with Gasteiger partial charge in [0.25, 0.3) is 0 Å². The third-order valence-electron chi connectivity index (χ3n) is 1.22. The van der Waals surface area contributed by atoms with E-state index in [9.17, 15) is 0 Å². The minimum Gasteiger partial charge on any atom is -0.370 e. The summed E-state index contributed by atoms with van der Waals surface area (Å²) in [6.45, 7) is 0. The highest BCUT2D eigenvalue weighted by atomic mass is 32.2. The molecule has 0 saturated carbocycles. The zero-order valence-electron chi connectivity index (χ0n) is 6.60. The van der Waals surface area contributed by atoms with Gasteiger partial charge in [0, 0.05) is 4.90 Å². The Morgan fingerprint density at radius 2 is 1.92 bits per heavy atom. The summed E-state index contributed by atoms with van der Waals surface area (Å²) < 4.78 is 0. The highest BCUT2D eigenvalue weighted by molar-refractivity contribution is 7.99. The lowest BCUT2D eigenvalue weighted by molar-refractivity contribution is 1.30. The molecule has 0 fully saturated rings. The Kier molecular flexibility index (Phi) is 3.47. The van der Waals surface area contributed by atoms with Gasteiger partial charge in [-0.25, -0.2) is 4.99 Å². The fourth-order valence-electron chi connectivity index (χ4n) is 0.698. The molecule has 4 heteroatoms. The maximum absolute atomic E-state index is 5.17. The summed E-state index contributed by atoms with van der Waals surface area (Å²) in [5.41, 5.74) is 10.3. The van der Waals surface area contributed by atoms with Crippen molar-refractivity contribution in [1.82, 2.24) is 0 Å². The van der Waals surface area contributed by atoms with Crippen LogP contribution in [0.4, 0.5) is 0 Å². The average molecular weight is 181 g/mol. The van der Waals surface area contributed by atoms with Gasteiger partial charge >= 0.3 is 0 Å². The Morgan fingerprint density at radius 1 is 1.25 bits per heavy atom. The van der Waals surface area contributed by atoms with Crippen LogP contribution in [0, 0.1) is 0 Å². The Hall–Kier alpha value is -1.16. The Morgan fingerprint density at radius 3 is 2.50 bits per heavy atom. The van der Waals surface area contributed by atoms with Gasteiger partial charge in [-0.1, -0.05) is 18.2 Å². The molecule has 0 spiro atoms. The maximum Gasteiger partial charge on any atom is 0.186 e. The van der Waals surface area contributed by atoms with Crippen LogP contribution >= 0.6 is 11.8 Å². The molecule has 0 atom stereocenters. The number of rotatable bonds is 3. The van der Waals surface area contributed by atoms with E-state index in [0.717, 1.165) is 0 Å². The summed E-state index contributed by atoms with van der Waals surface area (Å²) in [5.74, 6) is 0.713. The molecule has 4 N–H and O–H groups in total. The molecular weight excluding hydrogens is 170 g/mol. The summed E-state index contributed by atoms with van der Waals surface area (Å²) in [6.07, 6.45) is 0. The molecule has 3 nitrogen and oxygen atoms in total. The minimum absolute atomic E-state index is 0.137. The van der Waals surface area contributed by atoms with Crippen molar-refractivity contribution in [2.24, 2.45) is 16.5 Å². The molecule has 12 heavy (non-hydrogen) atoms. The maximum atomic E-state index is 5.17. The van der Waals surface area contributed by atoms with Crippen LogP contribution in [0.1, 0.15) is 0 Å². The fourth-order valence-corrected chi connectivity index (χ4v) is 1.41. The molecule has 0 aliphatic rings. The molecule has 0 unspecified atom stereocenters. The monoisotopic (exact) mass is 181 g/mol. The third-order valence-corrected chi connectivity index (χ3v) is 2.09. The molecular formula is C8H11N3S. The highest BCUT2D eigenvalue weighted by Crippen LogP contribution is 2.16. The molecule has 0 aliphatic carbocycles. The van der Waals surface area contributed by atoms with E-state index in [2.05, 4.69) is 4.99 Å². The molecule has 1 rings (SSSR count). The lowest BCUT2D eigenvalue weighted by atomic mass is 10.4. The van der Waals surface area contributed by atoms with Crippen molar-refractivity contribution in [2.75, 3.05) is 5.88 Å². The van der Waals surface area contributed by atoms with Crippen LogP contribution in [0.3, 0.4) is 0 Å². The average Bonchev–Trinajstić information content (AvgIpc) is 2.05. The van der Waals surface area contributed by atoms with Crippen LogP contribution in [0.15, 0.2) is 40.2 Å². The summed E-state index contributed by atoms with van der Waals surface area (Å²) in [7, 11) is 0. The van der Waals surface area contributed by atoms with Gasteiger partial charge in [-0.05, 0) is 12.1 Å². The number of hydrogen-bond donors (Lipinski definition) is 2. The van der Waals surface area contributed by atoms with Crippen LogP contribution in [0.5, 0.6) is 0 Å². The van der Waals surface area contributed by atoms with E-state index in [1.54, 1.807) is 11.8 Å². The smallest absolute Gasteiger partial charge is 0.186 e. The number of hydrogen-bond acceptors (Lipinski definition) is 2. The molecule has 0 aliphatic heterocycles. The zero-order chi connectivity index (χ0) is 8.81. The highest BCUT2D eigenvalue weighted by Gasteiger charge is 1.89. The molecule has 0 saturated heterocycles. The van der Waals surface area contributed by atoms with Crippen molar-refractivity contribution in [3.63, 3.8) is 0 Å². The first kappa shape index (κ1) is 8.93. The first-order chi connectivity index (χ1) is 5.79. The van der Waals surface area contributed by atoms with Crippen molar-refractivity contribution in [1.29, 1.82) is 0 Å². The van der Waals surface area contributed by atoms with Crippen molar-refractivity contribution in [3.8, 4) is 0 Å². The van der Waals surface area contributed by atoms with Crippen molar-refractivity contribution >= 4 is 17.7 Å². The summed E-state index contributed by atoms with van der Waals surface area (Å²) in [4.78, 5) is 5.02. The van der Waals surface area contributed by atoms with E-state index >= 15 is 0 Å². The molecule has 0 radical (unpaired) electrons. The second-order valence-corrected chi connectivity index (χ2v) is 3.19. The number of nitrogens with two attached hydrogens (primary N) is 2. The number of thioether (sulfide) groups is 1. The second-order valence-electron chi connectivity index (χ2n) is 2.17. The lowest BCUT2D eigenvalue weighted by Gasteiger charge is -1.96. The van der Waals surface area contributed by atoms with Gasteiger partial charge in [0.15, 0.2) is 5.96 Å². The van der Waals surface area contributed by atoms with E-state index < -0.39 is 0 Å². The predicted octanol–water partition coefficient (Wildman–Crippen LogP) is 1.01. The van der Waals surface area contributed by atoms with E-state index in [1.165, 1.54) is 4.90 Å². The first-order valence-electron chi connectivity index (χ1n) is 3.52. The topological polar surface area (TPSA) is 64.4 Å². The molecule has 0 heterocycles. The van der Waals surface area contributed by atoms with Crippen LogP contribution in [0.25, 0.3) is 0 Å². The predicted molar refractivity (Wildman–Crippen MR) is 53.0 cm³/mol. The van der Waals surface area contributed by atoms with Gasteiger partial charge in [-0.15, -0.1) is 11.8 Å². The Labute approximate surface area is 75.9 Å². The van der Waals surface area contributed by atoms with Gasteiger partial charge in [0.1, 0.15) is 0 Å². The van der Waals surface area contributed by atoms with Gasteiger partial charge in [-0.3, -0.25) is 0 Å². The normalized spacial score (nSPS) is 9.33. The molecule has 0 amide bonds. The number of benzene rings is 1. The summed E-state index contributed by atoms with van der Waals surface area (Å²) >= 11 is 1.60. The van der Waals surface area contributed by atoms with Gasteiger partial charge in [-0.2, -0.15) is 0 Å². The zero-order valence-corrected chi connectivity index (χ0v) is 7.42. The number of aliphatic imine (C=N–C) groups is 1. The first-order valence-corrected chi connectivity index (χ1v) is 4.51. The fraction of sp³-hybridized carbons (Fsp3) is 0.125. The van der Waals surface area contributed by atoms with E-state index in [1.807, 2.05) is 30.3 Å². The SMILES string of the molecule is NC(N)=NCSc1ccccc1. The van der Waals surface area contributed by atoms with E-state index in [4.69, 9.17) is 11.5 Å². The number of nitrogens with zero attached hydrogens (tertiary/aromatic N) is 1. The largest absolute Gasteiger partial charge is 0.370 e. The second kappa shape index (κ2) is 4.66. The minimum atomic E-state index is 0.137.